The van der Waals surface area contributed by atoms with Gasteiger partial charge in [0.2, 0.25) is 0 Å². The van der Waals surface area contributed by atoms with Gasteiger partial charge in [0.15, 0.2) is 0 Å². The zero-order valence-electron chi connectivity index (χ0n) is 11.4. The molecule has 0 bridgehead atoms. The molecule has 0 fully saturated rings. The maximum Gasteiger partial charge on any atom is 0.319 e. The number of carboxylic acids is 1. The van der Waals surface area contributed by atoms with Gasteiger partial charge in [-0.3, -0.25) is 4.79 Å². The Morgan fingerprint density at radius 3 is 2.12 bits per heavy atom. The first-order valence-electron chi connectivity index (χ1n) is 6.03. The summed E-state index contributed by atoms with van der Waals surface area (Å²) in [7, 11) is 1.75. The molecule has 0 aliphatic carbocycles. The molecule has 0 aliphatic heterocycles. The van der Waals surface area contributed by atoms with E-state index in [4.69, 9.17) is 5.11 Å². The van der Waals surface area contributed by atoms with E-state index in [-0.39, 0.29) is 18.5 Å². The monoisotopic (exact) mass is 244 g/mol. The molecule has 0 saturated heterocycles. The third kappa shape index (κ3) is 5.56. The fourth-order valence-electron chi connectivity index (χ4n) is 1.84. The van der Waals surface area contributed by atoms with E-state index in [0.717, 1.165) is 0 Å². The highest BCUT2D eigenvalue weighted by atomic mass is 16.4. The zero-order chi connectivity index (χ0) is 13.6. The van der Waals surface area contributed by atoms with Crippen molar-refractivity contribution in [2.75, 3.05) is 20.1 Å². The van der Waals surface area contributed by atoms with Crippen LogP contribution in [0.3, 0.4) is 0 Å². The number of rotatable bonds is 6. The van der Waals surface area contributed by atoms with Crippen molar-refractivity contribution in [3.63, 3.8) is 0 Å². The second-order valence-electron chi connectivity index (χ2n) is 4.79. The number of nitrogens with zero attached hydrogens (tertiary/aromatic N) is 2. The fourth-order valence-corrected chi connectivity index (χ4v) is 1.84. The Hall–Kier alpha value is -1.26. The van der Waals surface area contributed by atoms with E-state index in [1.807, 2.05) is 20.8 Å². The fraction of sp³-hybridized carbons (Fsp3) is 0.833. The summed E-state index contributed by atoms with van der Waals surface area (Å²) in [5.74, 6) is -0.479. The van der Waals surface area contributed by atoms with Crippen LogP contribution in [0.25, 0.3) is 0 Å². The van der Waals surface area contributed by atoms with E-state index in [0.29, 0.717) is 19.0 Å². The molecule has 100 valence electrons. The van der Waals surface area contributed by atoms with Crippen LogP contribution in [0.5, 0.6) is 0 Å². The zero-order valence-corrected chi connectivity index (χ0v) is 11.4. The molecule has 2 amide bonds. The molecule has 17 heavy (non-hydrogen) atoms. The van der Waals surface area contributed by atoms with E-state index >= 15 is 0 Å². The summed E-state index contributed by atoms with van der Waals surface area (Å²) in [5, 5.41) is 8.74. The van der Waals surface area contributed by atoms with Crippen LogP contribution < -0.4 is 0 Å². The van der Waals surface area contributed by atoms with Gasteiger partial charge in [0.1, 0.15) is 0 Å². The number of hydrogen-bond donors (Lipinski definition) is 1. The molecule has 5 heteroatoms. The average Bonchev–Trinajstić information content (AvgIpc) is 2.16. The molecule has 0 aromatic carbocycles. The molecular formula is C12H24N2O3. The molecule has 0 aromatic heterocycles. The summed E-state index contributed by atoms with van der Waals surface area (Å²) >= 11 is 0. The van der Waals surface area contributed by atoms with Crippen LogP contribution >= 0.6 is 0 Å². The second-order valence-corrected chi connectivity index (χ2v) is 4.79. The van der Waals surface area contributed by atoms with Crippen molar-refractivity contribution in [1.29, 1.82) is 0 Å². The van der Waals surface area contributed by atoms with E-state index in [9.17, 15) is 9.59 Å². The lowest BCUT2D eigenvalue weighted by Gasteiger charge is -2.32. The van der Waals surface area contributed by atoms with Gasteiger partial charge in [0.05, 0.1) is 6.42 Å². The van der Waals surface area contributed by atoms with Gasteiger partial charge in [0, 0.05) is 26.2 Å². The summed E-state index contributed by atoms with van der Waals surface area (Å²) in [6.07, 6.45) is -0.0188. The Kier molecular flexibility index (Phi) is 6.61. The Bertz CT molecular complexity index is 266. The van der Waals surface area contributed by atoms with Gasteiger partial charge in [-0.05, 0) is 19.8 Å². The van der Waals surface area contributed by atoms with Crippen molar-refractivity contribution in [2.45, 2.75) is 40.2 Å². The van der Waals surface area contributed by atoms with Gasteiger partial charge < -0.3 is 14.9 Å². The van der Waals surface area contributed by atoms with E-state index in [1.54, 1.807) is 23.8 Å². The van der Waals surface area contributed by atoms with Gasteiger partial charge in [-0.15, -0.1) is 0 Å². The van der Waals surface area contributed by atoms with Crippen molar-refractivity contribution in [3.8, 4) is 0 Å². The van der Waals surface area contributed by atoms with Crippen LogP contribution in [0.1, 0.15) is 34.1 Å². The molecule has 0 spiro atoms. The number of carbonyl (C=O) groups is 2. The van der Waals surface area contributed by atoms with Gasteiger partial charge >= 0.3 is 12.0 Å². The summed E-state index contributed by atoms with van der Waals surface area (Å²) in [6, 6.07) is -0.380. The molecule has 0 rings (SSSR count). The highest BCUT2D eigenvalue weighted by molar-refractivity contribution is 5.75. The predicted octanol–water partition coefficient (Wildman–Crippen LogP) is 1.88. The Morgan fingerprint density at radius 1 is 1.24 bits per heavy atom. The number of carboxylic acid groups (broad SMARTS) is 1. The number of carbonyl (C=O) groups excluding carboxylic acids is 1. The predicted molar refractivity (Wildman–Crippen MR) is 67.0 cm³/mol. The van der Waals surface area contributed by atoms with E-state index < -0.39 is 5.97 Å². The second kappa shape index (κ2) is 7.14. The number of amides is 2. The smallest absolute Gasteiger partial charge is 0.319 e. The van der Waals surface area contributed by atoms with E-state index in [2.05, 4.69) is 0 Å². The summed E-state index contributed by atoms with van der Waals surface area (Å²) in [6.45, 7) is 8.91. The lowest BCUT2D eigenvalue weighted by atomic mass is 10.2. The summed E-state index contributed by atoms with van der Waals surface area (Å²) in [4.78, 5) is 26.0. The van der Waals surface area contributed by atoms with Crippen molar-refractivity contribution in [1.82, 2.24) is 9.80 Å². The molecule has 0 aliphatic rings. The Labute approximate surface area is 103 Å². The van der Waals surface area contributed by atoms with Crippen molar-refractivity contribution in [2.24, 2.45) is 5.92 Å². The van der Waals surface area contributed by atoms with Crippen LogP contribution in [-0.4, -0.2) is 53.1 Å². The maximum absolute atomic E-state index is 12.1. The van der Waals surface area contributed by atoms with Crippen LogP contribution in [-0.2, 0) is 4.79 Å². The van der Waals surface area contributed by atoms with Gasteiger partial charge in [-0.2, -0.15) is 0 Å². The van der Waals surface area contributed by atoms with Crippen LogP contribution in [0.4, 0.5) is 4.79 Å². The first kappa shape index (κ1) is 15.7. The van der Waals surface area contributed by atoms with Gasteiger partial charge in [-0.1, -0.05) is 13.8 Å². The first-order chi connectivity index (χ1) is 7.79. The molecule has 5 nitrogen and oxygen atoms in total. The third-order valence-corrected chi connectivity index (χ3v) is 2.55. The maximum atomic E-state index is 12.1. The summed E-state index contributed by atoms with van der Waals surface area (Å²) < 4.78 is 0. The van der Waals surface area contributed by atoms with Crippen LogP contribution in [0.2, 0.25) is 0 Å². The lowest BCUT2D eigenvalue weighted by molar-refractivity contribution is -0.138. The quantitative estimate of drug-likeness (QED) is 0.776. The topological polar surface area (TPSA) is 60.9 Å². The first-order valence-corrected chi connectivity index (χ1v) is 6.03. The standard InChI is InChI=1S/C12H24N2O3/c1-6-14(10(4)7-11(15)16)12(17)13(5)8-9(2)3/h9-10H,6-8H2,1-5H3,(H,15,16). The minimum atomic E-state index is -0.879. The Morgan fingerprint density at radius 2 is 1.76 bits per heavy atom. The van der Waals surface area contributed by atoms with Gasteiger partial charge in [-0.25, -0.2) is 4.79 Å². The van der Waals surface area contributed by atoms with Crippen molar-refractivity contribution < 1.29 is 14.7 Å². The molecule has 0 saturated carbocycles. The Balaban J connectivity index is 4.53. The highest BCUT2D eigenvalue weighted by Crippen LogP contribution is 2.08. The largest absolute Gasteiger partial charge is 0.481 e. The third-order valence-electron chi connectivity index (χ3n) is 2.55. The molecule has 1 atom stereocenters. The minimum Gasteiger partial charge on any atom is -0.481 e. The lowest BCUT2D eigenvalue weighted by Crippen LogP contribution is -2.47. The number of urea groups is 1. The molecule has 0 heterocycles. The number of aliphatic carboxylic acids is 1. The molecule has 1 unspecified atom stereocenters. The minimum absolute atomic E-state index is 0.0188. The normalized spacial score (nSPS) is 12.4. The molecule has 0 aromatic rings. The van der Waals surface area contributed by atoms with Crippen molar-refractivity contribution in [3.05, 3.63) is 0 Å². The van der Waals surface area contributed by atoms with Crippen LogP contribution in [0.15, 0.2) is 0 Å². The van der Waals surface area contributed by atoms with Crippen molar-refractivity contribution >= 4 is 12.0 Å². The van der Waals surface area contributed by atoms with E-state index in [1.165, 1.54) is 0 Å². The van der Waals surface area contributed by atoms with Gasteiger partial charge in [0.25, 0.3) is 0 Å². The molecule has 0 radical (unpaired) electrons. The highest BCUT2D eigenvalue weighted by Gasteiger charge is 2.23. The number of hydrogen-bond acceptors (Lipinski definition) is 2. The molecular weight excluding hydrogens is 220 g/mol. The molecule has 1 N–H and O–H groups in total. The summed E-state index contributed by atoms with van der Waals surface area (Å²) in [5.41, 5.74) is 0. The average molecular weight is 244 g/mol. The van der Waals surface area contributed by atoms with Crippen LogP contribution in [0, 0.1) is 5.92 Å². The SMILES string of the molecule is CCN(C(=O)N(C)CC(C)C)C(C)CC(=O)O.